The van der Waals surface area contributed by atoms with Crippen LogP contribution >= 0.6 is 15.9 Å². The van der Waals surface area contributed by atoms with E-state index in [0.29, 0.717) is 17.7 Å². The number of anilines is 1. The number of nitrogens with one attached hydrogen (secondary N) is 4. The number of rotatable bonds is 7. The number of hydrogen-bond acceptors (Lipinski definition) is 5. The summed E-state index contributed by atoms with van der Waals surface area (Å²) in [4.78, 5) is 35.9. The average Bonchev–Trinajstić information content (AvgIpc) is 3.19. The smallest absolute Gasteiger partial charge is 0.253 e. The van der Waals surface area contributed by atoms with Gasteiger partial charge in [0.2, 0.25) is 11.8 Å². The molecule has 9 heteroatoms. The van der Waals surface area contributed by atoms with E-state index in [4.69, 9.17) is 5.73 Å². The minimum atomic E-state index is -0.493. The molecule has 0 radical (unpaired) electrons. The standard InChI is InChI=1S/C20H22BrN5O3/c21-13-7-5-12(6-8-13)16-11-17(26-25-16)20(29)24-15-4-2-1-3-14(15)19(28)23-10-9-18(22)27/h1-8,16-17,25-26H,9-11H2,(H2,22,27)(H,23,28)(H,24,29). The van der Waals surface area contributed by atoms with Gasteiger partial charge in [0.15, 0.2) is 0 Å². The van der Waals surface area contributed by atoms with Gasteiger partial charge < -0.3 is 16.4 Å². The Labute approximate surface area is 176 Å². The van der Waals surface area contributed by atoms with Crippen LogP contribution in [0.25, 0.3) is 0 Å². The van der Waals surface area contributed by atoms with E-state index in [2.05, 4.69) is 37.4 Å². The summed E-state index contributed by atoms with van der Waals surface area (Å²) in [6, 6.07) is 14.2. The molecule has 6 N–H and O–H groups in total. The fourth-order valence-electron chi connectivity index (χ4n) is 3.05. The van der Waals surface area contributed by atoms with Gasteiger partial charge in [-0.1, -0.05) is 40.2 Å². The fourth-order valence-corrected chi connectivity index (χ4v) is 3.31. The van der Waals surface area contributed by atoms with Crippen molar-refractivity contribution in [1.82, 2.24) is 16.2 Å². The molecule has 1 fully saturated rings. The molecule has 8 nitrogen and oxygen atoms in total. The third-order valence-corrected chi connectivity index (χ3v) is 5.11. The maximum Gasteiger partial charge on any atom is 0.253 e. The molecular formula is C20H22BrN5O3. The first kappa shape index (κ1) is 21.0. The van der Waals surface area contributed by atoms with Gasteiger partial charge in [-0.2, -0.15) is 0 Å². The predicted molar refractivity (Wildman–Crippen MR) is 113 cm³/mol. The SMILES string of the molecule is NC(=O)CCNC(=O)c1ccccc1NC(=O)C1CC(c2ccc(Br)cc2)NN1. The van der Waals surface area contributed by atoms with Crippen molar-refractivity contribution in [2.24, 2.45) is 5.73 Å². The zero-order valence-corrected chi connectivity index (χ0v) is 17.2. The van der Waals surface area contributed by atoms with Crippen molar-refractivity contribution in [2.75, 3.05) is 11.9 Å². The molecule has 3 rings (SSSR count). The number of nitrogens with two attached hydrogens (primary N) is 1. The lowest BCUT2D eigenvalue weighted by Crippen LogP contribution is -2.40. The van der Waals surface area contributed by atoms with Gasteiger partial charge in [-0.05, 0) is 36.2 Å². The van der Waals surface area contributed by atoms with E-state index in [9.17, 15) is 14.4 Å². The number of hydrogen-bond donors (Lipinski definition) is 5. The summed E-state index contributed by atoms with van der Waals surface area (Å²) < 4.78 is 0.993. The van der Waals surface area contributed by atoms with E-state index < -0.39 is 11.9 Å². The van der Waals surface area contributed by atoms with Gasteiger partial charge in [0.05, 0.1) is 11.3 Å². The van der Waals surface area contributed by atoms with Crippen molar-refractivity contribution in [3.63, 3.8) is 0 Å². The lowest BCUT2D eigenvalue weighted by Gasteiger charge is -2.14. The molecule has 2 aromatic carbocycles. The Morgan fingerprint density at radius 2 is 1.79 bits per heavy atom. The lowest BCUT2D eigenvalue weighted by molar-refractivity contribution is -0.118. The van der Waals surface area contributed by atoms with E-state index in [1.807, 2.05) is 24.3 Å². The van der Waals surface area contributed by atoms with Gasteiger partial charge in [-0.3, -0.25) is 14.4 Å². The Morgan fingerprint density at radius 3 is 2.52 bits per heavy atom. The Morgan fingerprint density at radius 1 is 1.07 bits per heavy atom. The zero-order chi connectivity index (χ0) is 20.8. The van der Waals surface area contributed by atoms with Crippen LogP contribution in [0.2, 0.25) is 0 Å². The number of carbonyl (C=O) groups is 3. The van der Waals surface area contributed by atoms with E-state index in [1.165, 1.54) is 0 Å². The molecule has 1 aliphatic rings. The van der Waals surface area contributed by atoms with Crippen LogP contribution in [-0.4, -0.2) is 30.3 Å². The van der Waals surface area contributed by atoms with Crippen LogP contribution in [0.5, 0.6) is 0 Å². The van der Waals surface area contributed by atoms with Gasteiger partial charge in [0.1, 0.15) is 6.04 Å². The van der Waals surface area contributed by atoms with Crippen molar-refractivity contribution in [2.45, 2.75) is 24.9 Å². The van der Waals surface area contributed by atoms with Crippen LogP contribution in [0.1, 0.15) is 34.8 Å². The highest BCUT2D eigenvalue weighted by molar-refractivity contribution is 9.10. The Balaban J connectivity index is 1.61. The van der Waals surface area contributed by atoms with Crippen molar-refractivity contribution in [3.05, 3.63) is 64.1 Å². The second-order valence-corrected chi connectivity index (χ2v) is 7.60. The quantitative estimate of drug-likeness (QED) is 0.429. The van der Waals surface area contributed by atoms with Crippen molar-refractivity contribution in [1.29, 1.82) is 0 Å². The Hall–Kier alpha value is -2.75. The molecule has 0 aromatic heterocycles. The largest absolute Gasteiger partial charge is 0.370 e. The minimum absolute atomic E-state index is 0.00573. The molecule has 1 saturated heterocycles. The maximum atomic E-state index is 12.7. The van der Waals surface area contributed by atoms with Gasteiger partial charge in [-0.15, -0.1) is 0 Å². The van der Waals surface area contributed by atoms with Crippen molar-refractivity contribution >= 4 is 39.3 Å². The number of primary amides is 1. The fraction of sp³-hybridized carbons (Fsp3) is 0.250. The molecule has 0 spiro atoms. The normalized spacial score (nSPS) is 18.2. The highest BCUT2D eigenvalue weighted by Gasteiger charge is 2.30. The molecule has 2 unspecified atom stereocenters. The number of halogens is 1. The van der Waals surface area contributed by atoms with Gasteiger partial charge in [-0.25, -0.2) is 10.9 Å². The molecule has 0 saturated carbocycles. The summed E-state index contributed by atoms with van der Waals surface area (Å²) >= 11 is 3.41. The van der Waals surface area contributed by atoms with Crippen molar-refractivity contribution < 1.29 is 14.4 Å². The first-order chi connectivity index (χ1) is 13.9. The average molecular weight is 460 g/mol. The van der Waals surface area contributed by atoms with Crippen LogP contribution in [0.15, 0.2) is 53.0 Å². The van der Waals surface area contributed by atoms with Gasteiger partial charge in [0.25, 0.3) is 5.91 Å². The molecule has 3 amide bonds. The maximum absolute atomic E-state index is 12.7. The molecule has 0 bridgehead atoms. The highest BCUT2D eigenvalue weighted by Crippen LogP contribution is 2.25. The van der Waals surface area contributed by atoms with Crippen LogP contribution in [0.3, 0.4) is 0 Å². The highest BCUT2D eigenvalue weighted by atomic mass is 79.9. The zero-order valence-electron chi connectivity index (χ0n) is 15.6. The van der Waals surface area contributed by atoms with E-state index in [0.717, 1.165) is 10.0 Å². The minimum Gasteiger partial charge on any atom is -0.370 e. The van der Waals surface area contributed by atoms with Crippen LogP contribution in [0.4, 0.5) is 5.69 Å². The molecular weight excluding hydrogens is 438 g/mol. The summed E-state index contributed by atoms with van der Waals surface area (Å²) in [6.45, 7) is 0.138. The third kappa shape index (κ3) is 5.63. The van der Waals surface area contributed by atoms with Crippen LogP contribution < -0.4 is 27.2 Å². The first-order valence-corrected chi connectivity index (χ1v) is 9.96. The van der Waals surface area contributed by atoms with Gasteiger partial charge >= 0.3 is 0 Å². The van der Waals surface area contributed by atoms with Gasteiger partial charge in [0, 0.05) is 23.5 Å². The molecule has 2 atom stereocenters. The summed E-state index contributed by atoms with van der Waals surface area (Å²) in [5, 5.41) is 5.44. The topological polar surface area (TPSA) is 125 Å². The predicted octanol–water partition coefficient (Wildman–Crippen LogP) is 1.60. The molecule has 2 aromatic rings. The van der Waals surface area contributed by atoms with Crippen LogP contribution in [0, 0.1) is 0 Å². The second-order valence-electron chi connectivity index (χ2n) is 6.69. The number of hydrazine groups is 1. The lowest BCUT2D eigenvalue weighted by atomic mass is 10.0. The Kier molecular flexibility index (Phi) is 6.97. The molecule has 152 valence electrons. The number of carbonyl (C=O) groups excluding carboxylic acids is 3. The number of benzene rings is 2. The second kappa shape index (κ2) is 9.64. The van der Waals surface area contributed by atoms with Crippen molar-refractivity contribution in [3.8, 4) is 0 Å². The van der Waals surface area contributed by atoms with E-state index in [-0.39, 0.29) is 30.8 Å². The van der Waals surface area contributed by atoms with E-state index in [1.54, 1.807) is 24.3 Å². The Bertz CT molecular complexity index is 903. The first-order valence-electron chi connectivity index (χ1n) is 9.17. The third-order valence-electron chi connectivity index (χ3n) is 4.58. The summed E-state index contributed by atoms with van der Waals surface area (Å²) in [7, 11) is 0. The molecule has 1 aliphatic heterocycles. The summed E-state index contributed by atoms with van der Waals surface area (Å²) in [6.07, 6.45) is 0.621. The molecule has 1 heterocycles. The molecule has 0 aliphatic carbocycles. The van der Waals surface area contributed by atoms with E-state index >= 15 is 0 Å². The summed E-state index contributed by atoms with van der Waals surface area (Å²) in [5.74, 6) is -1.12. The molecule has 29 heavy (non-hydrogen) atoms. The number of para-hydroxylation sites is 1. The van der Waals surface area contributed by atoms with Crippen LogP contribution in [-0.2, 0) is 9.59 Å². The summed E-state index contributed by atoms with van der Waals surface area (Å²) in [5.41, 5.74) is 13.0. The number of amides is 3. The monoisotopic (exact) mass is 459 g/mol.